The lowest BCUT2D eigenvalue weighted by atomic mass is 10.2. The molecule has 1 atom stereocenters. The lowest BCUT2D eigenvalue weighted by Gasteiger charge is -2.07. The second-order valence-corrected chi connectivity index (χ2v) is 5.13. The second-order valence-electron chi connectivity index (χ2n) is 4.09. The van der Waals surface area contributed by atoms with Gasteiger partial charge < -0.3 is 5.11 Å². The minimum atomic E-state index is -4.38. The molecule has 0 bridgehead atoms. The largest absolute Gasteiger partial charge is 0.417 e. The molecule has 0 spiro atoms. The number of pyridine rings is 2. The van der Waals surface area contributed by atoms with E-state index in [0.717, 1.165) is 24.0 Å². The van der Waals surface area contributed by atoms with Crippen LogP contribution in [0.15, 0.2) is 46.7 Å². The van der Waals surface area contributed by atoms with Crippen molar-refractivity contribution in [3.8, 4) is 0 Å². The number of alkyl halides is 3. The number of aromatic nitrogens is 2. The molecule has 2 heterocycles. The molecule has 0 aliphatic heterocycles. The quantitative estimate of drug-likeness (QED) is 0.939. The van der Waals surface area contributed by atoms with Gasteiger partial charge in [-0.3, -0.25) is 0 Å². The lowest BCUT2D eigenvalue weighted by molar-refractivity contribution is -0.137. The molecular formula is C13H11F3N2OS. The summed E-state index contributed by atoms with van der Waals surface area (Å²) in [5, 5.41) is 10.4. The Bertz CT molecular complexity index is 568. The monoisotopic (exact) mass is 300 g/mol. The van der Waals surface area contributed by atoms with Crippen molar-refractivity contribution >= 4 is 11.8 Å². The van der Waals surface area contributed by atoms with Crippen LogP contribution in [-0.2, 0) is 6.18 Å². The molecule has 0 aliphatic carbocycles. The van der Waals surface area contributed by atoms with E-state index in [2.05, 4.69) is 9.97 Å². The van der Waals surface area contributed by atoms with E-state index in [-0.39, 0.29) is 0 Å². The Hall–Kier alpha value is -1.60. The van der Waals surface area contributed by atoms with Crippen molar-refractivity contribution in [2.24, 2.45) is 0 Å². The van der Waals surface area contributed by atoms with Gasteiger partial charge >= 0.3 is 6.18 Å². The summed E-state index contributed by atoms with van der Waals surface area (Å²) in [6, 6.07) is 5.69. The summed E-state index contributed by atoms with van der Waals surface area (Å²) in [4.78, 5) is 7.86. The highest BCUT2D eigenvalue weighted by molar-refractivity contribution is 7.99. The summed E-state index contributed by atoms with van der Waals surface area (Å²) in [6.45, 7) is 1.63. The van der Waals surface area contributed by atoms with Crippen LogP contribution in [0.4, 0.5) is 13.2 Å². The van der Waals surface area contributed by atoms with Gasteiger partial charge in [-0.1, -0.05) is 17.8 Å². The zero-order chi connectivity index (χ0) is 14.8. The standard InChI is InChI=1S/C13H11F3N2OS/c1-8(19)9-2-4-11(17-6-9)20-12-5-3-10(7-18-12)13(14,15)16/h2-8,19H,1H3/t8-/m1/s1. The third-order valence-corrected chi connectivity index (χ3v) is 3.42. The highest BCUT2D eigenvalue weighted by Gasteiger charge is 2.30. The maximum absolute atomic E-state index is 12.4. The molecule has 20 heavy (non-hydrogen) atoms. The van der Waals surface area contributed by atoms with Gasteiger partial charge in [0.05, 0.1) is 11.7 Å². The van der Waals surface area contributed by atoms with E-state index in [0.29, 0.717) is 15.6 Å². The van der Waals surface area contributed by atoms with E-state index in [1.54, 1.807) is 19.1 Å². The Morgan fingerprint density at radius 1 is 1.05 bits per heavy atom. The number of hydrogen-bond donors (Lipinski definition) is 1. The first-order valence-corrected chi connectivity index (χ1v) is 6.53. The van der Waals surface area contributed by atoms with Crippen LogP contribution in [0.2, 0.25) is 0 Å². The first-order valence-electron chi connectivity index (χ1n) is 5.71. The smallest absolute Gasteiger partial charge is 0.389 e. The fraction of sp³-hybridized carbons (Fsp3) is 0.231. The molecule has 0 aromatic carbocycles. The number of rotatable bonds is 3. The maximum atomic E-state index is 12.4. The molecule has 0 fully saturated rings. The number of aliphatic hydroxyl groups excluding tert-OH is 1. The van der Waals surface area contributed by atoms with E-state index in [9.17, 15) is 18.3 Å². The summed E-state index contributed by atoms with van der Waals surface area (Å²) < 4.78 is 37.2. The van der Waals surface area contributed by atoms with Crippen LogP contribution in [0.3, 0.4) is 0 Å². The Morgan fingerprint density at radius 3 is 2.05 bits per heavy atom. The summed E-state index contributed by atoms with van der Waals surface area (Å²) in [7, 11) is 0. The Labute approximate surface area is 117 Å². The second kappa shape index (κ2) is 5.80. The molecule has 2 aromatic rings. The fourth-order valence-electron chi connectivity index (χ4n) is 1.41. The molecule has 2 rings (SSSR count). The lowest BCUT2D eigenvalue weighted by Crippen LogP contribution is -2.05. The molecule has 106 valence electrons. The molecule has 0 saturated heterocycles. The van der Waals surface area contributed by atoms with Gasteiger partial charge in [0.25, 0.3) is 0 Å². The fourth-order valence-corrected chi connectivity index (χ4v) is 2.11. The zero-order valence-corrected chi connectivity index (χ0v) is 11.2. The van der Waals surface area contributed by atoms with E-state index in [1.165, 1.54) is 12.3 Å². The normalized spacial score (nSPS) is 13.2. The molecule has 0 radical (unpaired) electrons. The van der Waals surface area contributed by atoms with Crippen molar-refractivity contribution in [3.05, 3.63) is 47.8 Å². The van der Waals surface area contributed by atoms with Gasteiger partial charge in [-0.25, -0.2) is 9.97 Å². The molecular weight excluding hydrogens is 289 g/mol. The Balaban J connectivity index is 2.10. The minimum Gasteiger partial charge on any atom is -0.389 e. The van der Waals surface area contributed by atoms with Crippen molar-refractivity contribution in [1.29, 1.82) is 0 Å². The van der Waals surface area contributed by atoms with Gasteiger partial charge in [-0.15, -0.1) is 0 Å². The molecule has 0 aliphatic rings. The third-order valence-electron chi connectivity index (χ3n) is 2.51. The van der Waals surface area contributed by atoms with E-state index < -0.39 is 17.8 Å². The van der Waals surface area contributed by atoms with Crippen molar-refractivity contribution < 1.29 is 18.3 Å². The highest BCUT2D eigenvalue weighted by atomic mass is 32.2. The van der Waals surface area contributed by atoms with Crippen molar-refractivity contribution in [3.63, 3.8) is 0 Å². The average Bonchev–Trinajstić information content (AvgIpc) is 2.39. The van der Waals surface area contributed by atoms with Crippen molar-refractivity contribution in [1.82, 2.24) is 9.97 Å². The average molecular weight is 300 g/mol. The molecule has 2 aromatic heterocycles. The van der Waals surface area contributed by atoms with Crippen LogP contribution in [-0.4, -0.2) is 15.1 Å². The van der Waals surface area contributed by atoms with Crippen LogP contribution in [0.25, 0.3) is 0 Å². The first kappa shape index (κ1) is 14.8. The first-order chi connectivity index (χ1) is 9.36. The van der Waals surface area contributed by atoms with Crippen LogP contribution < -0.4 is 0 Å². The van der Waals surface area contributed by atoms with E-state index >= 15 is 0 Å². The van der Waals surface area contributed by atoms with Gasteiger partial charge in [0, 0.05) is 12.4 Å². The summed E-state index contributed by atoms with van der Waals surface area (Å²) >= 11 is 1.16. The summed E-state index contributed by atoms with van der Waals surface area (Å²) in [6.07, 6.45) is -2.66. The van der Waals surface area contributed by atoms with Crippen LogP contribution in [0.1, 0.15) is 24.2 Å². The number of aliphatic hydroxyl groups is 1. The molecule has 1 N–H and O–H groups in total. The van der Waals surface area contributed by atoms with Gasteiger partial charge in [0.1, 0.15) is 10.1 Å². The molecule has 0 unspecified atom stereocenters. The van der Waals surface area contributed by atoms with Gasteiger partial charge in [-0.2, -0.15) is 13.2 Å². The number of nitrogens with zero attached hydrogens (tertiary/aromatic N) is 2. The molecule has 0 amide bonds. The van der Waals surface area contributed by atoms with Crippen LogP contribution in [0, 0.1) is 0 Å². The van der Waals surface area contributed by atoms with E-state index in [4.69, 9.17) is 0 Å². The van der Waals surface area contributed by atoms with Crippen molar-refractivity contribution in [2.45, 2.75) is 29.3 Å². The predicted octanol–water partition coefficient (Wildman–Crippen LogP) is 3.70. The minimum absolute atomic E-state index is 0.426. The Kier molecular flexibility index (Phi) is 4.29. The number of halogens is 3. The maximum Gasteiger partial charge on any atom is 0.417 e. The molecule has 0 saturated carbocycles. The molecule has 7 heteroatoms. The summed E-state index contributed by atoms with van der Waals surface area (Å²) in [5.41, 5.74) is -0.103. The van der Waals surface area contributed by atoms with Crippen LogP contribution in [0.5, 0.6) is 0 Å². The van der Waals surface area contributed by atoms with Gasteiger partial charge in [-0.05, 0) is 30.7 Å². The zero-order valence-electron chi connectivity index (χ0n) is 10.4. The summed E-state index contributed by atoms with van der Waals surface area (Å²) in [5.74, 6) is 0. The van der Waals surface area contributed by atoms with E-state index in [1.807, 2.05) is 0 Å². The topological polar surface area (TPSA) is 46.0 Å². The van der Waals surface area contributed by atoms with Crippen molar-refractivity contribution in [2.75, 3.05) is 0 Å². The molecule has 3 nitrogen and oxygen atoms in total. The highest BCUT2D eigenvalue weighted by Crippen LogP contribution is 2.31. The third kappa shape index (κ3) is 3.71. The van der Waals surface area contributed by atoms with Crippen LogP contribution >= 0.6 is 11.8 Å². The predicted molar refractivity (Wildman–Crippen MR) is 68.2 cm³/mol. The van der Waals surface area contributed by atoms with Gasteiger partial charge in [0.2, 0.25) is 0 Å². The SMILES string of the molecule is C[C@@H](O)c1ccc(Sc2ccc(C(F)(F)F)cn2)nc1. The van der Waals surface area contributed by atoms with Gasteiger partial charge in [0.15, 0.2) is 0 Å². The number of hydrogen-bond acceptors (Lipinski definition) is 4. The Morgan fingerprint density at radius 2 is 1.65 bits per heavy atom.